The van der Waals surface area contributed by atoms with Gasteiger partial charge < -0.3 is 9.13 Å². The number of hydrogen-bond acceptors (Lipinski definition) is 0. The van der Waals surface area contributed by atoms with Gasteiger partial charge in [-0.1, -0.05) is 105 Å². The fraction of sp³-hybridized carbons (Fsp3) is 0. The molecule has 9 rings (SSSR count). The molecule has 0 aliphatic carbocycles. The van der Waals surface area contributed by atoms with E-state index in [2.05, 4.69) is 222 Å². The highest BCUT2D eigenvalue weighted by molar-refractivity contribution is 6.75. The highest BCUT2D eigenvalue weighted by Gasteiger charge is 2.29. The molecule has 0 unspecified atom stereocenters. The number of fused-ring (bicyclic) bond motifs is 6. The Balaban J connectivity index is 1.44. The molecule has 0 aliphatic heterocycles. The molecule has 0 saturated heterocycles. The van der Waals surface area contributed by atoms with Crippen LogP contribution in [0.3, 0.4) is 0 Å². The van der Waals surface area contributed by atoms with E-state index in [0.717, 1.165) is 0 Å². The maximum absolute atomic E-state index is 2.72. The van der Waals surface area contributed by atoms with Crippen LogP contribution in [0, 0.1) is 0 Å². The summed E-state index contributed by atoms with van der Waals surface area (Å²) in [6, 6.07) is 9.53. The monoisotopic (exact) mass is 849 g/mol. The molecule has 0 atom stereocenters. The molecule has 68 heavy (non-hydrogen) atoms. The lowest BCUT2D eigenvalue weighted by Gasteiger charge is -2.28. The molecule has 0 fully saturated rings. The highest BCUT2D eigenvalue weighted by atomic mass is 15.0. The van der Waals surface area contributed by atoms with Crippen molar-refractivity contribution in [2.75, 3.05) is 0 Å². The zero-order valence-electron chi connectivity index (χ0n) is 46.2. The predicted octanol–water partition coefficient (Wildman–Crippen LogP) is -30.6. The first-order valence-corrected chi connectivity index (χ1v) is 25.2. The van der Waals surface area contributed by atoms with E-state index in [1.165, 1.54) is 208 Å². The lowest BCUT2D eigenvalue weighted by Crippen LogP contribution is -2.57. The quantitative estimate of drug-likeness (QED) is 0.156. The molecule has 26 heteroatoms. The molecule has 0 spiro atoms. The molecule has 9 aromatic rings. The van der Waals surface area contributed by atoms with Gasteiger partial charge in [0, 0.05) is 38.8 Å². The molecule has 0 bridgehead atoms. The van der Waals surface area contributed by atoms with Gasteiger partial charge in [0.15, 0.2) is 0 Å². The van der Waals surface area contributed by atoms with E-state index >= 15 is 0 Å². The van der Waals surface area contributed by atoms with Gasteiger partial charge in [-0.2, -0.15) is 0 Å². The third kappa shape index (κ3) is 6.32. The van der Waals surface area contributed by atoms with Crippen LogP contribution in [0.5, 0.6) is 0 Å². The molecule has 302 valence electrons. The summed E-state index contributed by atoms with van der Waals surface area (Å²) < 4.78 is 5.38. The van der Waals surface area contributed by atoms with E-state index in [4.69, 9.17) is 0 Å². The van der Waals surface area contributed by atoms with Crippen molar-refractivity contribution in [2.45, 2.75) is 0 Å². The SMILES string of the molecule is Bc1c(B)c(B)c(-c2c(B)c(B)c(B)c(-c3cccc(-n4c5c(B)c(B)c(B)c(B)c5c5c(B)c(-n6c7c(B)c(B)c(B)c(B)c7c7c(B)c(B)c(B)c(B)c76)c(B)c(B)c54)c3)c2B)c(B)c1B. The van der Waals surface area contributed by atoms with E-state index in [-0.39, 0.29) is 0 Å². The second kappa shape index (κ2) is 16.7. The maximum atomic E-state index is 2.72. The number of nitrogens with zero attached hydrogens (tertiary/aromatic N) is 2. The van der Waals surface area contributed by atoms with Crippen molar-refractivity contribution in [1.29, 1.82) is 0 Å². The van der Waals surface area contributed by atoms with Crippen molar-refractivity contribution >= 4 is 363 Å². The second-order valence-electron chi connectivity index (χ2n) is 21.6. The van der Waals surface area contributed by atoms with Crippen molar-refractivity contribution in [2.24, 2.45) is 0 Å². The van der Waals surface area contributed by atoms with Crippen LogP contribution >= 0.6 is 0 Å². The number of rotatable bonds is 4. The van der Waals surface area contributed by atoms with Crippen LogP contribution in [0.1, 0.15) is 0 Å². The normalized spacial score (nSPS) is 11.8. The van der Waals surface area contributed by atoms with Crippen LogP contribution in [0.4, 0.5) is 0 Å². The zero-order chi connectivity index (χ0) is 49.9. The summed E-state index contributed by atoms with van der Waals surface area (Å²) in [5.74, 6) is 0. The Labute approximate surface area is 427 Å². The van der Waals surface area contributed by atoms with Gasteiger partial charge in [0.05, 0.1) is 0 Å². The highest BCUT2D eigenvalue weighted by Crippen LogP contribution is 2.32. The standard InChI is InChI=1S/C42H52B24N2/c43-14-7(15(44)23(52)16(45)8(14)9-17(46)24(53)29(58)25(54)18(9)47)5-2-1-3-6(4-5)67-38-12(21(50)28(57)30(59)33(38)62)13-22(51)42(37(66)36(65)39(13)67)68-40-10(19(48)26(55)31(60)34(40)63)11-20(49)27(56)32(61)35(64)41(11)68/h1-4H,43-66H2. The van der Waals surface area contributed by atoms with Crippen LogP contribution in [-0.2, 0) is 0 Å². The van der Waals surface area contributed by atoms with E-state index in [1.807, 2.05) is 0 Å². The van der Waals surface area contributed by atoms with Gasteiger partial charge in [0.1, 0.15) is 188 Å². The van der Waals surface area contributed by atoms with Gasteiger partial charge >= 0.3 is 0 Å². The minimum atomic E-state index is 1.21. The number of aromatic nitrogens is 2. The third-order valence-electron chi connectivity index (χ3n) is 19.1. The second-order valence-corrected chi connectivity index (χ2v) is 21.6. The Morgan fingerprint density at radius 2 is 0.529 bits per heavy atom. The molecule has 7 aromatic carbocycles. The van der Waals surface area contributed by atoms with Crippen molar-refractivity contribution in [3.8, 4) is 33.6 Å². The van der Waals surface area contributed by atoms with Crippen LogP contribution < -0.4 is 131 Å². The first kappa shape index (κ1) is 48.7. The smallest absolute Gasteiger partial charge is 0.142 e. The average molecular weight is 844 g/mol. The van der Waals surface area contributed by atoms with E-state index in [9.17, 15) is 0 Å². The van der Waals surface area contributed by atoms with Crippen LogP contribution in [-0.4, -0.2) is 197 Å². The molecule has 2 nitrogen and oxygen atoms in total. The molecular formula is C42H52B24N2. The summed E-state index contributed by atoms with van der Waals surface area (Å²) >= 11 is 0. The minimum absolute atomic E-state index is 1.21. The minimum Gasteiger partial charge on any atom is -0.312 e. The fourth-order valence-electron chi connectivity index (χ4n) is 13.2. The summed E-state index contributed by atoms with van der Waals surface area (Å²) in [5, 5.41) is 5.58. The summed E-state index contributed by atoms with van der Waals surface area (Å²) in [4.78, 5) is 0. The summed E-state index contributed by atoms with van der Waals surface area (Å²) in [7, 11) is 56.4. The van der Waals surface area contributed by atoms with Crippen molar-refractivity contribution in [1.82, 2.24) is 9.13 Å². The average Bonchev–Trinajstić information content (AvgIpc) is 3.86. The molecule has 2 heterocycles. The van der Waals surface area contributed by atoms with Gasteiger partial charge in [0.2, 0.25) is 0 Å². The van der Waals surface area contributed by atoms with E-state index in [0.29, 0.717) is 0 Å². The van der Waals surface area contributed by atoms with Gasteiger partial charge in [-0.3, -0.25) is 0 Å². The molecule has 0 N–H and O–H groups in total. The number of hydrogen-bond donors (Lipinski definition) is 0. The largest absolute Gasteiger partial charge is 0.312 e. The molecule has 0 saturated carbocycles. The summed E-state index contributed by atoms with van der Waals surface area (Å²) in [6.45, 7) is 0. The number of benzene rings is 7. The van der Waals surface area contributed by atoms with Crippen LogP contribution in [0.2, 0.25) is 0 Å². The van der Waals surface area contributed by atoms with Gasteiger partial charge in [-0.05, 0) is 50.5 Å². The third-order valence-corrected chi connectivity index (χ3v) is 19.1. The fourth-order valence-corrected chi connectivity index (χ4v) is 13.2. The first-order chi connectivity index (χ1) is 31.8. The Bertz CT molecular complexity index is 3740. The zero-order valence-corrected chi connectivity index (χ0v) is 46.2. The predicted molar refractivity (Wildman–Crippen MR) is 382 cm³/mol. The lowest BCUT2D eigenvalue weighted by molar-refractivity contribution is 1.19. The summed E-state index contributed by atoms with van der Waals surface area (Å²) in [6.07, 6.45) is 0. The molecular weight excluding hydrogens is 792 g/mol. The van der Waals surface area contributed by atoms with Crippen LogP contribution in [0.15, 0.2) is 24.3 Å². The molecule has 0 amide bonds. The Morgan fingerprint density at radius 1 is 0.235 bits per heavy atom. The first-order valence-electron chi connectivity index (χ1n) is 25.2. The van der Waals surface area contributed by atoms with E-state index < -0.39 is 0 Å². The Kier molecular flexibility index (Phi) is 11.9. The summed E-state index contributed by atoms with van der Waals surface area (Å²) in [5.41, 5.74) is 46.5. The van der Waals surface area contributed by atoms with Crippen molar-refractivity contribution in [3.63, 3.8) is 0 Å². The Morgan fingerprint density at radius 3 is 0.956 bits per heavy atom. The molecule has 2 aromatic heterocycles. The molecule has 0 aliphatic rings. The van der Waals surface area contributed by atoms with E-state index in [1.54, 1.807) is 0 Å². The maximum Gasteiger partial charge on any atom is 0.142 e. The Hall–Kier alpha value is -4.30. The van der Waals surface area contributed by atoms with Crippen LogP contribution in [0.25, 0.3) is 77.2 Å². The van der Waals surface area contributed by atoms with Gasteiger partial charge in [0.25, 0.3) is 0 Å². The van der Waals surface area contributed by atoms with Crippen molar-refractivity contribution < 1.29 is 0 Å². The van der Waals surface area contributed by atoms with Gasteiger partial charge in [-0.25, -0.2) is 0 Å². The topological polar surface area (TPSA) is 9.86 Å². The van der Waals surface area contributed by atoms with Gasteiger partial charge in [-0.15, -0.1) is 38.2 Å². The lowest BCUT2D eigenvalue weighted by atomic mass is 9.56. The van der Waals surface area contributed by atoms with Crippen molar-refractivity contribution in [3.05, 3.63) is 24.3 Å². The molecule has 0 radical (unpaired) electrons.